The third-order valence-electron chi connectivity index (χ3n) is 4.16. The van der Waals surface area contributed by atoms with Crippen molar-refractivity contribution in [2.24, 2.45) is 0 Å². The number of nitrogens with one attached hydrogen (secondary N) is 2. The van der Waals surface area contributed by atoms with Crippen molar-refractivity contribution in [3.8, 4) is 11.1 Å². The molecule has 0 radical (unpaired) electrons. The van der Waals surface area contributed by atoms with Crippen LogP contribution < -0.4 is 0 Å². The Hall–Kier alpha value is -2.35. The molecule has 0 aromatic carbocycles. The molecule has 8 heteroatoms. The highest BCUT2D eigenvalue weighted by Gasteiger charge is 2.19. The minimum Gasteiger partial charge on any atom is -0.383 e. The van der Waals surface area contributed by atoms with Crippen molar-refractivity contribution < 1.29 is 15.7 Å². The van der Waals surface area contributed by atoms with E-state index >= 15 is 0 Å². The number of carbonyl (C=O) groups is 1. The number of nitrogens with zero attached hydrogens (tertiary/aromatic N) is 2. The lowest BCUT2D eigenvalue weighted by Crippen LogP contribution is -2.36. The van der Waals surface area contributed by atoms with E-state index in [-0.39, 0.29) is 7.33 Å². The van der Waals surface area contributed by atoms with Gasteiger partial charge in [0, 0.05) is 63.8 Å². The average molecular weight is 379 g/mol. The maximum atomic E-state index is 12.8. The summed E-state index contributed by atoms with van der Waals surface area (Å²) in [5.74, 6) is -0.110. The first-order valence-corrected chi connectivity index (χ1v) is 8.61. The van der Waals surface area contributed by atoms with Crippen LogP contribution in [0.25, 0.3) is 22.2 Å². The number of fused-ring (bicyclic) bond motifs is 1. The second kappa shape index (κ2) is 8.35. The fraction of sp³-hybridized carbons (Fsp3) is 0.333. The van der Waals surface area contributed by atoms with Gasteiger partial charge in [0.1, 0.15) is 11.3 Å². The Balaban J connectivity index is 0.00000261. The van der Waals surface area contributed by atoms with Crippen LogP contribution in [0.1, 0.15) is 11.9 Å². The molecule has 3 aromatic heterocycles. The first-order chi connectivity index (χ1) is 12.7. The molecule has 26 heavy (non-hydrogen) atoms. The number of H-pyrrole nitrogens is 2. The molecule has 2 N–H and O–H groups in total. The number of aromatic nitrogens is 3. The quantitative estimate of drug-likeness (QED) is 0.630. The van der Waals surface area contributed by atoms with Crippen LogP contribution in [0.15, 0.2) is 30.7 Å². The molecule has 0 aliphatic carbocycles. The van der Waals surface area contributed by atoms with E-state index in [4.69, 9.17) is 21.1 Å². The van der Waals surface area contributed by atoms with Gasteiger partial charge in [-0.15, -0.1) is 0 Å². The molecule has 0 spiro atoms. The maximum absolute atomic E-state index is 12.8. The lowest BCUT2D eigenvalue weighted by atomic mass is 10.1. The Kier molecular flexibility index (Phi) is 5.92. The van der Waals surface area contributed by atoms with Crippen molar-refractivity contribution in [1.29, 1.82) is 0 Å². The summed E-state index contributed by atoms with van der Waals surface area (Å²) in [7, 11) is 3.22. The van der Waals surface area contributed by atoms with E-state index in [0.29, 0.717) is 37.0 Å². The van der Waals surface area contributed by atoms with Gasteiger partial charge in [-0.2, -0.15) is 0 Å². The number of ether oxygens (including phenoxy) is 2. The van der Waals surface area contributed by atoms with E-state index in [1.807, 2.05) is 18.3 Å². The largest absolute Gasteiger partial charge is 0.383 e. The van der Waals surface area contributed by atoms with Gasteiger partial charge in [0.15, 0.2) is 0 Å². The molecule has 0 fully saturated rings. The molecular weight excluding hydrogens is 356 g/mol. The zero-order valence-corrected chi connectivity index (χ0v) is 15.5. The number of pyridine rings is 1. The summed E-state index contributed by atoms with van der Waals surface area (Å²) in [4.78, 5) is 24.9. The third kappa shape index (κ3) is 3.75. The molecule has 0 bridgehead atoms. The molecule has 0 saturated carbocycles. The predicted octanol–water partition coefficient (Wildman–Crippen LogP) is 3.19. The van der Waals surface area contributed by atoms with Gasteiger partial charge in [-0.25, -0.2) is 4.98 Å². The summed E-state index contributed by atoms with van der Waals surface area (Å²) in [6, 6.07) is 3.73. The van der Waals surface area contributed by atoms with Gasteiger partial charge < -0.3 is 24.3 Å². The van der Waals surface area contributed by atoms with Gasteiger partial charge in [-0.05, 0) is 12.1 Å². The van der Waals surface area contributed by atoms with E-state index in [1.165, 1.54) is 0 Å². The van der Waals surface area contributed by atoms with Crippen LogP contribution in [-0.4, -0.2) is 66.3 Å². The molecule has 3 heterocycles. The van der Waals surface area contributed by atoms with Crippen molar-refractivity contribution in [1.82, 2.24) is 19.9 Å². The van der Waals surface area contributed by atoms with Crippen molar-refractivity contribution in [3.05, 3.63) is 41.4 Å². The third-order valence-corrected chi connectivity index (χ3v) is 4.45. The Morgan fingerprint density at radius 1 is 1.27 bits per heavy atom. The lowest BCUT2D eigenvalue weighted by molar-refractivity contribution is 0.0622. The van der Waals surface area contributed by atoms with Crippen molar-refractivity contribution in [2.75, 3.05) is 40.5 Å². The van der Waals surface area contributed by atoms with Gasteiger partial charge in [0.25, 0.3) is 5.91 Å². The molecule has 0 aliphatic rings. The van der Waals surface area contributed by atoms with Gasteiger partial charge in [-0.3, -0.25) is 4.79 Å². The Morgan fingerprint density at radius 2 is 2.00 bits per heavy atom. The highest BCUT2D eigenvalue weighted by Crippen LogP contribution is 2.34. The Morgan fingerprint density at radius 3 is 2.69 bits per heavy atom. The molecule has 140 valence electrons. The minimum atomic E-state index is -0.110. The number of carbonyl (C=O) groups excluding carboxylic acids is 1. The van der Waals surface area contributed by atoms with Gasteiger partial charge in [0.2, 0.25) is 0 Å². The van der Waals surface area contributed by atoms with E-state index in [2.05, 4.69) is 15.0 Å². The van der Waals surface area contributed by atoms with Crippen LogP contribution in [0.4, 0.5) is 0 Å². The molecule has 0 atom stereocenters. The number of aromatic amines is 2. The second-order valence-corrected chi connectivity index (χ2v) is 6.21. The topological polar surface area (TPSA) is 83.2 Å². The standard InChI is InChI=1S/C18H21ClN4O3.H2/c1-25-7-5-23(6-8-26-2)18(24)15-9-12(10-21-15)16-13-3-4-20-17(13)22-11-14(16)19;/h3-4,9-11,21H,5-8H2,1-2H3,(H,20,22);1H. The molecule has 7 nitrogen and oxygen atoms in total. The van der Waals surface area contributed by atoms with Crippen LogP contribution in [0, 0.1) is 0 Å². The first kappa shape index (κ1) is 18.4. The van der Waals surface area contributed by atoms with Gasteiger partial charge >= 0.3 is 0 Å². The Bertz CT molecular complexity index is 888. The SMILES string of the molecule is COCCN(CCOC)C(=O)c1cc(-c2c(Cl)cnc3[nH]ccc23)c[nH]1.[HH]. The molecule has 3 rings (SSSR count). The van der Waals surface area contributed by atoms with Crippen molar-refractivity contribution >= 4 is 28.5 Å². The first-order valence-electron chi connectivity index (χ1n) is 8.23. The number of hydrogen-bond acceptors (Lipinski definition) is 4. The summed E-state index contributed by atoms with van der Waals surface area (Å²) in [6.07, 6.45) is 5.20. The number of rotatable bonds is 8. The van der Waals surface area contributed by atoms with Crippen LogP contribution in [-0.2, 0) is 9.47 Å². The van der Waals surface area contributed by atoms with E-state index in [9.17, 15) is 4.79 Å². The smallest absolute Gasteiger partial charge is 0.270 e. The maximum Gasteiger partial charge on any atom is 0.270 e. The summed E-state index contributed by atoms with van der Waals surface area (Å²) in [5.41, 5.74) is 2.92. The van der Waals surface area contributed by atoms with Crippen molar-refractivity contribution in [3.63, 3.8) is 0 Å². The average Bonchev–Trinajstić information content (AvgIpc) is 3.30. The summed E-state index contributed by atoms with van der Waals surface area (Å²) < 4.78 is 10.2. The summed E-state index contributed by atoms with van der Waals surface area (Å²) in [6.45, 7) is 1.91. The van der Waals surface area contributed by atoms with Crippen LogP contribution >= 0.6 is 11.6 Å². The van der Waals surface area contributed by atoms with E-state index in [1.54, 1.807) is 31.5 Å². The fourth-order valence-corrected chi connectivity index (χ4v) is 3.09. The Labute approximate surface area is 157 Å². The van der Waals surface area contributed by atoms with E-state index < -0.39 is 0 Å². The number of hydrogen-bond donors (Lipinski definition) is 2. The molecular formula is C18H23ClN4O3. The van der Waals surface area contributed by atoms with Crippen molar-refractivity contribution in [2.45, 2.75) is 0 Å². The summed E-state index contributed by atoms with van der Waals surface area (Å²) >= 11 is 6.36. The number of amides is 1. The predicted molar refractivity (Wildman–Crippen MR) is 103 cm³/mol. The molecule has 1 amide bonds. The molecule has 0 aliphatic heterocycles. The number of halogens is 1. The highest BCUT2D eigenvalue weighted by molar-refractivity contribution is 6.34. The van der Waals surface area contributed by atoms with Gasteiger partial charge in [0.05, 0.1) is 18.2 Å². The summed E-state index contributed by atoms with van der Waals surface area (Å²) in [5, 5.41) is 1.44. The van der Waals surface area contributed by atoms with Crippen LogP contribution in [0.5, 0.6) is 0 Å². The minimum absolute atomic E-state index is 0. The van der Waals surface area contributed by atoms with Gasteiger partial charge in [-0.1, -0.05) is 11.6 Å². The van der Waals surface area contributed by atoms with Crippen LogP contribution in [0.3, 0.4) is 0 Å². The zero-order valence-electron chi connectivity index (χ0n) is 14.7. The second-order valence-electron chi connectivity index (χ2n) is 5.80. The normalized spacial score (nSPS) is 11.2. The molecule has 3 aromatic rings. The monoisotopic (exact) mass is 378 g/mol. The highest BCUT2D eigenvalue weighted by atomic mass is 35.5. The van der Waals surface area contributed by atoms with E-state index in [0.717, 1.165) is 22.2 Å². The van der Waals surface area contributed by atoms with Crippen LogP contribution in [0.2, 0.25) is 5.02 Å². The molecule has 0 unspecified atom stereocenters. The molecule has 0 saturated heterocycles. The number of methoxy groups -OCH3 is 2. The fourth-order valence-electron chi connectivity index (χ4n) is 2.83. The zero-order chi connectivity index (χ0) is 18.5. The lowest BCUT2D eigenvalue weighted by Gasteiger charge is -2.21.